The lowest BCUT2D eigenvalue weighted by Crippen LogP contribution is -2.55. The van der Waals surface area contributed by atoms with Crippen molar-refractivity contribution in [2.75, 3.05) is 6.54 Å². The van der Waals surface area contributed by atoms with Crippen LogP contribution in [0.2, 0.25) is 0 Å². The first-order valence-corrected chi connectivity index (χ1v) is 5.71. The molecule has 1 N–H and O–H groups in total. The predicted molar refractivity (Wildman–Crippen MR) is 53.8 cm³/mol. The Balaban J connectivity index is 2.13. The van der Waals surface area contributed by atoms with Crippen molar-refractivity contribution in [3.05, 3.63) is 0 Å². The zero-order valence-electron chi connectivity index (χ0n) is 8.78. The lowest BCUT2D eigenvalue weighted by Gasteiger charge is -2.46. The quantitative estimate of drug-likeness (QED) is 0.685. The zero-order chi connectivity index (χ0) is 10.1. The molecule has 0 unspecified atom stereocenters. The van der Waals surface area contributed by atoms with Crippen LogP contribution in [0.15, 0.2) is 0 Å². The number of carbonyl (C=O) groups excluding carboxylic acids is 1. The summed E-state index contributed by atoms with van der Waals surface area (Å²) in [6.07, 6.45) is 4.36. The Morgan fingerprint density at radius 2 is 2.29 bits per heavy atom. The summed E-state index contributed by atoms with van der Waals surface area (Å²) >= 11 is 0. The Bertz CT molecular complexity index is 229. The van der Waals surface area contributed by atoms with Crippen molar-refractivity contribution in [2.45, 2.75) is 51.2 Å². The van der Waals surface area contributed by atoms with Crippen LogP contribution in [0.3, 0.4) is 0 Å². The molecule has 80 valence electrons. The van der Waals surface area contributed by atoms with Gasteiger partial charge in [-0.3, -0.25) is 4.79 Å². The van der Waals surface area contributed by atoms with Gasteiger partial charge < -0.3 is 10.0 Å². The summed E-state index contributed by atoms with van der Waals surface area (Å²) < 4.78 is 0. The van der Waals surface area contributed by atoms with Gasteiger partial charge in [-0.15, -0.1) is 0 Å². The van der Waals surface area contributed by atoms with Crippen molar-refractivity contribution in [3.63, 3.8) is 0 Å². The molecule has 2 heterocycles. The van der Waals surface area contributed by atoms with Crippen LogP contribution in [-0.4, -0.2) is 34.6 Å². The summed E-state index contributed by atoms with van der Waals surface area (Å²) in [5, 5.41) is 9.86. The van der Waals surface area contributed by atoms with E-state index in [2.05, 4.69) is 6.92 Å². The first-order valence-electron chi connectivity index (χ1n) is 5.71. The molecule has 2 saturated heterocycles. The summed E-state index contributed by atoms with van der Waals surface area (Å²) in [6, 6.07) is 0.324. The molecule has 14 heavy (non-hydrogen) atoms. The molecule has 0 spiro atoms. The third kappa shape index (κ3) is 1.54. The van der Waals surface area contributed by atoms with Gasteiger partial charge in [0.2, 0.25) is 5.91 Å². The van der Waals surface area contributed by atoms with E-state index in [-0.39, 0.29) is 6.10 Å². The van der Waals surface area contributed by atoms with E-state index in [9.17, 15) is 9.90 Å². The van der Waals surface area contributed by atoms with Gasteiger partial charge in [-0.05, 0) is 25.7 Å². The Labute approximate surface area is 85.1 Å². The minimum absolute atomic E-state index is 0.188. The van der Waals surface area contributed by atoms with E-state index < -0.39 is 0 Å². The van der Waals surface area contributed by atoms with Crippen molar-refractivity contribution < 1.29 is 9.90 Å². The number of rotatable bonds is 1. The van der Waals surface area contributed by atoms with Crippen LogP contribution in [0.4, 0.5) is 0 Å². The molecule has 3 heteroatoms. The first-order chi connectivity index (χ1) is 6.74. The topological polar surface area (TPSA) is 40.5 Å². The van der Waals surface area contributed by atoms with E-state index >= 15 is 0 Å². The van der Waals surface area contributed by atoms with Gasteiger partial charge in [-0.1, -0.05) is 6.92 Å². The summed E-state index contributed by atoms with van der Waals surface area (Å²) in [4.78, 5) is 13.6. The van der Waals surface area contributed by atoms with Crippen LogP contribution in [0.1, 0.15) is 39.0 Å². The molecular formula is C11H19NO2. The average Bonchev–Trinajstić information content (AvgIpc) is 2.18. The van der Waals surface area contributed by atoms with Gasteiger partial charge in [0.15, 0.2) is 0 Å². The van der Waals surface area contributed by atoms with Crippen molar-refractivity contribution in [1.82, 2.24) is 4.90 Å². The molecule has 0 aromatic rings. The summed E-state index contributed by atoms with van der Waals surface area (Å²) in [6.45, 7) is 2.87. The maximum atomic E-state index is 11.6. The van der Waals surface area contributed by atoms with Crippen LogP contribution >= 0.6 is 0 Å². The summed E-state index contributed by atoms with van der Waals surface area (Å²) in [5.74, 6) is 0.611. The van der Waals surface area contributed by atoms with E-state index in [1.54, 1.807) is 0 Å². The van der Waals surface area contributed by atoms with Gasteiger partial charge in [-0.2, -0.15) is 0 Å². The second kappa shape index (κ2) is 3.89. The lowest BCUT2D eigenvalue weighted by atomic mass is 9.80. The fraction of sp³-hybridized carbons (Fsp3) is 0.909. The van der Waals surface area contributed by atoms with Crippen LogP contribution in [0.5, 0.6) is 0 Å². The molecule has 0 aromatic heterocycles. The minimum Gasteiger partial charge on any atom is -0.393 e. The fourth-order valence-corrected chi connectivity index (χ4v) is 2.97. The molecule has 2 rings (SSSR count). The molecule has 2 fully saturated rings. The monoisotopic (exact) mass is 197 g/mol. The van der Waals surface area contributed by atoms with Gasteiger partial charge in [0.25, 0.3) is 0 Å². The van der Waals surface area contributed by atoms with Crippen LogP contribution in [0, 0.1) is 5.92 Å². The van der Waals surface area contributed by atoms with Gasteiger partial charge in [0, 0.05) is 24.9 Å². The van der Waals surface area contributed by atoms with Gasteiger partial charge in [0.05, 0.1) is 6.10 Å². The highest BCUT2D eigenvalue weighted by Crippen LogP contribution is 2.33. The van der Waals surface area contributed by atoms with E-state index in [0.717, 1.165) is 32.2 Å². The van der Waals surface area contributed by atoms with Gasteiger partial charge in [-0.25, -0.2) is 0 Å². The Kier molecular flexibility index (Phi) is 2.77. The highest BCUT2D eigenvalue weighted by molar-refractivity contribution is 5.77. The molecule has 0 bridgehead atoms. The van der Waals surface area contributed by atoms with E-state index in [1.165, 1.54) is 0 Å². The maximum Gasteiger partial charge on any atom is 0.222 e. The lowest BCUT2D eigenvalue weighted by molar-refractivity contribution is -0.144. The number of hydrogen-bond acceptors (Lipinski definition) is 2. The maximum absolute atomic E-state index is 11.6. The number of carbonyl (C=O) groups is 1. The van der Waals surface area contributed by atoms with Crippen LogP contribution in [0.25, 0.3) is 0 Å². The number of piperidine rings is 2. The molecule has 3 atom stereocenters. The molecule has 1 amide bonds. The van der Waals surface area contributed by atoms with Crippen LogP contribution < -0.4 is 0 Å². The summed E-state index contributed by atoms with van der Waals surface area (Å²) in [5.41, 5.74) is 0. The minimum atomic E-state index is -0.188. The molecule has 0 radical (unpaired) electrons. The second-order valence-electron chi connectivity index (χ2n) is 4.47. The number of fused-ring (bicyclic) bond motifs is 1. The molecule has 0 aromatic carbocycles. The van der Waals surface area contributed by atoms with Crippen molar-refractivity contribution in [1.29, 1.82) is 0 Å². The average molecular weight is 197 g/mol. The largest absolute Gasteiger partial charge is 0.393 e. The van der Waals surface area contributed by atoms with Crippen molar-refractivity contribution in [2.24, 2.45) is 5.92 Å². The fourth-order valence-electron chi connectivity index (χ4n) is 2.97. The van der Waals surface area contributed by atoms with Crippen molar-refractivity contribution >= 4 is 5.91 Å². The molecule has 3 nitrogen and oxygen atoms in total. The van der Waals surface area contributed by atoms with E-state index in [0.29, 0.717) is 24.3 Å². The number of aliphatic hydroxyl groups excluding tert-OH is 1. The Hall–Kier alpha value is -0.570. The second-order valence-corrected chi connectivity index (χ2v) is 4.47. The highest BCUT2D eigenvalue weighted by Gasteiger charge is 2.39. The number of aliphatic hydroxyl groups is 1. The normalized spacial score (nSPS) is 38.3. The molecule has 0 saturated carbocycles. The Morgan fingerprint density at radius 1 is 1.50 bits per heavy atom. The third-order valence-electron chi connectivity index (χ3n) is 3.74. The first kappa shape index (κ1) is 9.97. The van der Waals surface area contributed by atoms with Gasteiger partial charge >= 0.3 is 0 Å². The smallest absolute Gasteiger partial charge is 0.222 e. The van der Waals surface area contributed by atoms with Crippen LogP contribution in [-0.2, 0) is 4.79 Å². The predicted octanol–water partition coefficient (Wildman–Crippen LogP) is 1.16. The highest BCUT2D eigenvalue weighted by atomic mass is 16.3. The van der Waals surface area contributed by atoms with E-state index in [4.69, 9.17) is 0 Å². The van der Waals surface area contributed by atoms with Crippen molar-refractivity contribution in [3.8, 4) is 0 Å². The molecule has 2 aliphatic rings. The standard InChI is InChI=1S/C11H19NO2/c1-2-8-9-4-3-5-11(14)12(9)7-6-10(8)13/h8-10,13H,2-7H2,1H3/t8-,9+,10+/m0/s1. The Morgan fingerprint density at radius 3 is 3.00 bits per heavy atom. The van der Waals surface area contributed by atoms with Gasteiger partial charge in [0.1, 0.15) is 0 Å². The third-order valence-corrected chi connectivity index (χ3v) is 3.74. The summed E-state index contributed by atoms with van der Waals surface area (Å²) in [7, 11) is 0. The van der Waals surface area contributed by atoms with E-state index in [1.807, 2.05) is 4.90 Å². The number of hydrogen-bond donors (Lipinski definition) is 1. The number of amides is 1. The number of nitrogens with zero attached hydrogens (tertiary/aromatic N) is 1. The molecule has 0 aliphatic carbocycles. The molecule has 2 aliphatic heterocycles. The zero-order valence-corrected chi connectivity index (χ0v) is 8.78. The SMILES string of the molecule is CC[C@@H]1[C@H](O)CCN2C(=O)CCC[C@H]12. The molecular weight excluding hydrogens is 178 g/mol.